The Morgan fingerprint density at radius 1 is 1.18 bits per heavy atom. The summed E-state index contributed by atoms with van der Waals surface area (Å²) >= 11 is 0. The Labute approximate surface area is 102 Å². The fraction of sp³-hybridized carbons (Fsp3) is 0.357. The molecular weight excluding hydrogens is 216 g/mol. The molecule has 0 saturated heterocycles. The lowest BCUT2D eigenvalue weighted by atomic mass is 10.0. The van der Waals surface area contributed by atoms with Crippen LogP contribution < -0.4 is 0 Å². The van der Waals surface area contributed by atoms with Crippen molar-refractivity contribution >= 4 is 6.16 Å². The molecule has 0 radical (unpaired) electrons. The Hall–Kier alpha value is -1.77. The third kappa shape index (κ3) is 4.31. The van der Waals surface area contributed by atoms with Gasteiger partial charge in [0.2, 0.25) is 0 Å². The van der Waals surface area contributed by atoms with E-state index in [1.54, 1.807) is 13.8 Å². The van der Waals surface area contributed by atoms with E-state index in [0.717, 1.165) is 11.1 Å². The summed E-state index contributed by atoms with van der Waals surface area (Å²) in [6, 6.07) is 9.47. The Morgan fingerprint density at radius 2 is 1.76 bits per heavy atom. The average Bonchev–Trinajstić information content (AvgIpc) is 2.25. The van der Waals surface area contributed by atoms with Gasteiger partial charge in [0.15, 0.2) is 6.10 Å². The Morgan fingerprint density at radius 3 is 2.24 bits per heavy atom. The molecule has 0 saturated carbocycles. The van der Waals surface area contributed by atoms with E-state index in [2.05, 4.69) is 6.58 Å². The zero-order chi connectivity index (χ0) is 12.8. The number of hydrogen-bond acceptors (Lipinski definition) is 3. The Kier molecular flexibility index (Phi) is 4.76. The van der Waals surface area contributed by atoms with Crippen molar-refractivity contribution in [1.29, 1.82) is 0 Å². The quantitative estimate of drug-likeness (QED) is 0.586. The minimum absolute atomic E-state index is 0.191. The van der Waals surface area contributed by atoms with Gasteiger partial charge in [-0.25, -0.2) is 4.79 Å². The molecule has 1 rings (SSSR count). The molecule has 0 aliphatic carbocycles. The maximum atomic E-state index is 11.5. The lowest BCUT2D eigenvalue weighted by molar-refractivity contribution is 0.0158. The fourth-order valence-electron chi connectivity index (χ4n) is 1.40. The van der Waals surface area contributed by atoms with Gasteiger partial charge in [-0.3, -0.25) is 0 Å². The number of benzene rings is 1. The summed E-state index contributed by atoms with van der Waals surface area (Å²) in [5.74, 6) is 0. The van der Waals surface area contributed by atoms with Crippen LogP contribution in [0.4, 0.5) is 4.79 Å². The predicted octanol–water partition coefficient (Wildman–Crippen LogP) is 3.87. The van der Waals surface area contributed by atoms with Crippen molar-refractivity contribution < 1.29 is 14.3 Å². The highest BCUT2D eigenvalue weighted by molar-refractivity contribution is 5.61. The molecule has 3 nitrogen and oxygen atoms in total. The second kappa shape index (κ2) is 6.09. The molecule has 0 aliphatic heterocycles. The van der Waals surface area contributed by atoms with Crippen molar-refractivity contribution in [1.82, 2.24) is 0 Å². The fourth-order valence-corrected chi connectivity index (χ4v) is 1.40. The number of carbonyl (C=O) groups is 1. The normalized spacial score (nSPS) is 12.0. The van der Waals surface area contributed by atoms with Crippen LogP contribution in [0.3, 0.4) is 0 Å². The average molecular weight is 234 g/mol. The summed E-state index contributed by atoms with van der Waals surface area (Å²) in [7, 11) is 0. The number of ether oxygens (including phenoxy) is 2. The van der Waals surface area contributed by atoms with E-state index in [4.69, 9.17) is 9.47 Å². The van der Waals surface area contributed by atoms with E-state index >= 15 is 0 Å². The van der Waals surface area contributed by atoms with Gasteiger partial charge in [0, 0.05) is 0 Å². The highest BCUT2D eigenvalue weighted by Crippen LogP contribution is 2.24. The first-order chi connectivity index (χ1) is 8.00. The zero-order valence-electron chi connectivity index (χ0n) is 10.5. The van der Waals surface area contributed by atoms with Crippen LogP contribution in [-0.2, 0) is 9.47 Å². The van der Waals surface area contributed by atoms with E-state index in [0.29, 0.717) is 0 Å². The lowest BCUT2D eigenvalue weighted by Crippen LogP contribution is -2.17. The van der Waals surface area contributed by atoms with E-state index in [-0.39, 0.29) is 6.10 Å². The molecule has 0 bridgehead atoms. The summed E-state index contributed by atoms with van der Waals surface area (Å²) in [6.07, 6.45) is -1.32. The number of carbonyl (C=O) groups excluding carboxylic acids is 1. The molecule has 0 aliphatic rings. The molecule has 0 aromatic heterocycles. The van der Waals surface area contributed by atoms with Crippen LogP contribution in [0.25, 0.3) is 0 Å². The largest absolute Gasteiger partial charge is 0.509 e. The second-order valence-corrected chi connectivity index (χ2v) is 4.17. The van der Waals surface area contributed by atoms with Crippen molar-refractivity contribution in [3.63, 3.8) is 0 Å². The van der Waals surface area contributed by atoms with E-state index in [1.165, 1.54) is 0 Å². The van der Waals surface area contributed by atoms with Gasteiger partial charge in [0.25, 0.3) is 0 Å². The zero-order valence-corrected chi connectivity index (χ0v) is 10.5. The number of hydrogen-bond donors (Lipinski definition) is 0. The van der Waals surface area contributed by atoms with Crippen molar-refractivity contribution in [3.8, 4) is 0 Å². The van der Waals surface area contributed by atoms with Crippen LogP contribution in [0.2, 0.25) is 0 Å². The van der Waals surface area contributed by atoms with Crippen LogP contribution in [0, 0.1) is 0 Å². The topological polar surface area (TPSA) is 35.5 Å². The predicted molar refractivity (Wildman–Crippen MR) is 66.7 cm³/mol. The second-order valence-electron chi connectivity index (χ2n) is 4.17. The Balaban J connectivity index is 2.75. The SMILES string of the molecule is C=C(C)C(OC(=O)OC(C)C)c1ccccc1. The smallest absolute Gasteiger partial charge is 0.432 e. The monoisotopic (exact) mass is 234 g/mol. The maximum Gasteiger partial charge on any atom is 0.509 e. The standard InChI is InChI=1S/C14H18O3/c1-10(2)13(12-8-6-5-7-9-12)17-14(15)16-11(3)4/h5-9,11,13H,1H2,2-4H3. The molecule has 1 aromatic rings. The highest BCUT2D eigenvalue weighted by Gasteiger charge is 2.18. The van der Waals surface area contributed by atoms with Gasteiger partial charge in [0.1, 0.15) is 0 Å². The van der Waals surface area contributed by atoms with E-state index in [1.807, 2.05) is 37.3 Å². The molecular formula is C14H18O3. The van der Waals surface area contributed by atoms with Crippen LogP contribution in [0.5, 0.6) is 0 Å². The molecule has 3 heteroatoms. The van der Waals surface area contributed by atoms with Gasteiger partial charge < -0.3 is 9.47 Å². The lowest BCUT2D eigenvalue weighted by Gasteiger charge is -2.18. The van der Waals surface area contributed by atoms with Gasteiger partial charge in [-0.2, -0.15) is 0 Å². The highest BCUT2D eigenvalue weighted by atomic mass is 16.7. The van der Waals surface area contributed by atoms with Gasteiger partial charge >= 0.3 is 6.16 Å². The summed E-state index contributed by atoms with van der Waals surface area (Å²) < 4.78 is 10.2. The summed E-state index contributed by atoms with van der Waals surface area (Å²) in [6.45, 7) is 9.21. The van der Waals surface area contributed by atoms with Crippen LogP contribution >= 0.6 is 0 Å². The summed E-state index contributed by atoms with van der Waals surface area (Å²) in [4.78, 5) is 11.5. The molecule has 1 unspecified atom stereocenters. The number of rotatable bonds is 4. The van der Waals surface area contributed by atoms with Crippen molar-refractivity contribution in [2.45, 2.75) is 33.0 Å². The third-order valence-electron chi connectivity index (χ3n) is 2.10. The first kappa shape index (κ1) is 13.3. The van der Waals surface area contributed by atoms with Crippen LogP contribution in [0.15, 0.2) is 42.5 Å². The Bertz CT molecular complexity index is 382. The minimum atomic E-state index is -0.670. The minimum Gasteiger partial charge on any atom is -0.432 e. The summed E-state index contributed by atoms with van der Waals surface area (Å²) in [5, 5.41) is 0. The molecule has 0 heterocycles. The molecule has 0 spiro atoms. The first-order valence-electron chi connectivity index (χ1n) is 5.58. The van der Waals surface area contributed by atoms with Crippen molar-refractivity contribution in [2.24, 2.45) is 0 Å². The molecule has 1 atom stereocenters. The van der Waals surface area contributed by atoms with Gasteiger partial charge in [-0.05, 0) is 31.9 Å². The molecule has 0 amide bonds. The van der Waals surface area contributed by atoms with E-state index in [9.17, 15) is 4.79 Å². The third-order valence-corrected chi connectivity index (χ3v) is 2.10. The molecule has 17 heavy (non-hydrogen) atoms. The first-order valence-corrected chi connectivity index (χ1v) is 5.58. The van der Waals surface area contributed by atoms with Crippen LogP contribution in [0.1, 0.15) is 32.4 Å². The van der Waals surface area contributed by atoms with E-state index < -0.39 is 12.3 Å². The molecule has 0 fully saturated rings. The summed E-state index contributed by atoms with van der Waals surface area (Å²) in [5.41, 5.74) is 1.65. The molecule has 1 aromatic carbocycles. The molecule has 0 N–H and O–H groups in total. The van der Waals surface area contributed by atoms with Gasteiger partial charge in [-0.15, -0.1) is 0 Å². The van der Waals surface area contributed by atoms with Crippen molar-refractivity contribution in [2.75, 3.05) is 0 Å². The maximum absolute atomic E-state index is 11.5. The van der Waals surface area contributed by atoms with Gasteiger partial charge in [-0.1, -0.05) is 36.9 Å². The van der Waals surface area contributed by atoms with Crippen LogP contribution in [-0.4, -0.2) is 12.3 Å². The van der Waals surface area contributed by atoms with Gasteiger partial charge in [0.05, 0.1) is 6.10 Å². The van der Waals surface area contributed by atoms with Crippen molar-refractivity contribution in [3.05, 3.63) is 48.0 Å². The molecule has 92 valence electrons.